The summed E-state index contributed by atoms with van der Waals surface area (Å²) in [5, 5.41) is 6.52. The number of halogens is 1. The lowest BCUT2D eigenvalue weighted by atomic mass is 9.94. The number of rotatable bonds is 4. The predicted octanol–water partition coefficient (Wildman–Crippen LogP) is 2.46. The summed E-state index contributed by atoms with van der Waals surface area (Å²) in [5.41, 5.74) is 2.73. The van der Waals surface area contributed by atoms with Crippen LogP contribution < -0.4 is 10.6 Å². The van der Waals surface area contributed by atoms with Crippen molar-refractivity contribution in [1.82, 2.24) is 10.6 Å². The Balaban J connectivity index is 0.00000180. The van der Waals surface area contributed by atoms with Crippen LogP contribution in [0.1, 0.15) is 37.4 Å². The van der Waals surface area contributed by atoms with Crippen molar-refractivity contribution in [3.8, 4) is 0 Å². The second-order valence-corrected chi connectivity index (χ2v) is 5.01. The number of carbonyl (C=O) groups is 1. The zero-order valence-corrected chi connectivity index (χ0v) is 12.4. The molecule has 1 heterocycles. The fourth-order valence-electron chi connectivity index (χ4n) is 2.34. The Hall–Kier alpha value is -1.06. The summed E-state index contributed by atoms with van der Waals surface area (Å²) in [5.74, 6) is 0.256. The van der Waals surface area contributed by atoms with E-state index < -0.39 is 0 Å². The Kier molecular flexibility index (Phi) is 6.32. The number of hydrogen-bond donors (Lipinski definition) is 2. The van der Waals surface area contributed by atoms with Crippen molar-refractivity contribution in [2.75, 3.05) is 13.1 Å². The molecule has 0 aromatic heterocycles. The number of nitrogens with one attached hydrogen (secondary N) is 2. The first-order chi connectivity index (χ1) is 8.72. The van der Waals surface area contributed by atoms with Crippen LogP contribution in [0.15, 0.2) is 24.3 Å². The predicted molar refractivity (Wildman–Crippen MR) is 80.6 cm³/mol. The summed E-state index contributed by atoms with van der Waals surface area (Å²) >= 11 is 0. The molecular formula is C15H23ClN2O. The van der Waals surface area contributed by atoms with Crippen LogP contribution >= 0.6 is 12.4 Å². The molecule has 2 atom stereocenters. The smallest absolute Gasteiger partial charge is 0.222 e. The first kappa shape index (κ1) is 16.0. The molecule has 2 rings (SSSR count). The van der Waals surface area contributed by atoms with E-state index in [-0.39, 0.29) is 30.3 Å². The van der Waals surface area contributed by atoms with Crippen LogP contribution in [-0.2, 0) is 11.2 Å². The molecule has 1 aliphatic rings. The Morgan fingerprint density at radius 3 is 2.95 bits per heavy atom. The molecule has 19 heavy (non-hydrogen) atoms. The van der Waals surface area contributed by atoms with E-state index in [1.165, 1.54) is 11.1 Å². The van der Waals surface area contributed by atoms with Gasteiger partial charge in [-0.3, -0.25) is 4.79 Å². The van der Waals surface area contributed by atoms with Crippen LogP contribution in [0.25, 0.3) is 0 Å². The number of hydrogen-bond acceptors (Lipinski definition) is 2. The van der Waals surface area contributed by atoms with Crippen LogP contribution in [0.2, 0.25) is 0 Å². The van der Waals surface area contributed by atoms with E-state index in [1.54, 1.807) is 0 Å². The zero-order valence-electron chi connectivity index (χ0n) is 11.6. The highest BCUT2D eigenvalue weighted by atomic mass is 35.5. The van der Waals surface area contributed by atoms with E-state index in [9.17, 15) is 4.79 Å². The van der Waals surface area contributed by atoms with Crippen LogP contribution in [0, 0.1) is 5.92 Å². The van der Waals surface area contributed by atoms with Gasteiger partial charge in [-0.1, -0.05) is 38.1 Å². The van der Waals surface area contributed by atoms with Crippen LogP contribution in [0.5, 0.6) is 0 Å². The monoisotopic (exact) mass is 282 g/mol. The lowest BCUT2D eigenvalue weighted by Crippen LogP contribution is -2.40. The zero-order chi connectivity index (χ0) is 13.0. The van der Waals surface area contributed by atoms with Gasteiger partial charge in [-0.25, -0.2) is 0 Å². The standard InChI is InChI=1S/C15H22N2O.ClH/c1-3-11(2)15(18)17-10-14-13-7-5-4-6-12(13)8-9-16-14;/h4-7,11,14,16H,3,8-10H2,1-2H3,(H,17,18);1H. The van der Waals surface area contributed by atoms with Gasteiger partial charge in [0.05, 0.1) is 0 Å². The SMILES string of the molecule is CCC(C)C(=O)NCC1NCCc2ccccc21.Cl. The van der Waals surface area contributed by atoms with Crippen LogP contribution in [0.4, 0.5) is 0 Å². The molecule has 1 amide bonds. The molecule has 1 aromatic rings. The topological polar surface area (TPSA) is 41.1 Å². The number of benzene rings is 1. The molecule has 3 nitrogen and oxygen atoms in total. The Labute approximate surface area is 121 Å². The molecular weight excluding hydrogens is 260 g/mol. The van der Waals surface area contributed by atoms with Gasteiger partial charge >= 0.3 is 0 Å². The van der Waals surface area contributed by atoms with Gasteiger partial charge in [0.1, 0.15) is 0 Å². The highest BCUT2D eigenvalue weighted by Gasteiger charge is 2.20. The molecule has 2 unspecified atom stereocenters. The maximum absolute atomic E-state index is 11.8. The molecule has 0 fully saturated rings. The average molecular weight is 283 g/mol. The molecule has 1 aromatic carbocycles. The number of fused-ring (bicyclic) bond motifs is 1. The quantitative estimate of drug-likeness (QED) is 0.891. The van der Waals surface area contributed by atoms with Crippen molar-refractivity contribution in [3.05, 3.63) is 35.4 Å². The van der Waals surface area contributed by atoms with Gasteiger partial charge in [0.2, 0.25) is 5.91 Å². The van der Waals surface area contributed by atoms with E-state index in [0.717, 1.165) is 19.4 Å². The molecule has 0 aliphatic carbocycles. The van der Waals surface area contributed by atoms with Gasteiger partial charge in [-0.15, -0.1) is 12.4 Å². The lowest BCUT2D eigenvalue weighted by molar-refractivity contribution is -0.124. The van der Waals surface area contributed by atoms with Gasteiger partial charge in [0.25, 0.3) is 0 Å². The molecule has 0 saturated carbocycles. The number of amides is 1. The van der Waals surface area contributed by atoms with Crippen molar-refractivity contribution in [1.29, 1.82) is 0 Å². The molecule has 1 aliphatic heterocycles. The van der Waals surface area contributed by atoms with Gasteiger partial charge in [-0.05, 0) is 30.5 Å². The molecule has 0 bridgehead atoms. The summed E-state index contributed by atoms with van der Waals surface area (Å²) < 4.78 is 0. The van der Waals surface area contributed by atoms with Crippen LogP contribution in [0.3, 0.4) is 0 Å². The van der Waals surface area contributed by atoms with E-state index in [1.807, 2.05) is 13.8 Å². The van der Waals surface area contributed by atoms with E-state index in [4.69, 9.17) is 0 Å². The third-order valence-electron chi connectivity index (χ3n) is 3.76. The van der Waals surface area contributed by atoms with E-state index in [0.29, 0.717) is 6.54 Å². The normalized spacial score (nSPS) is 18.9. The Bertz CT molecular complexity index is 422. The minimum absolute atomic E-state index is 0. The maximum Gasteiger partial charge on any atom is 0.222 e. The molecule has 106 valence electrons. The first-order valence-corrected chi connectivity index (χ1v) is 6.81. The largest absolute Gasteiger partial charge is 0.354 e. The Morgan fingerprint density at radius 2 is 2.21 bits per heavy atom. The van der Waals surface area contributed by atoms with Gasteiger partial charge < -0.3 is 10.6 Å². The van der Waals surface area contributed by atoms with E-state index >= 15 is 0 Å². The lowest BCUT2D eigenvalue weighted by Gasteiger charge is -2.27. The van der Waals surface area contributed by atoms with Gasteiger partial charge in [0.15, 0.2) is 0 Å². The summed E-state index contributed by atoms with van der Waals surface area (Å²) in [6, 6.07) is 8.73. The first-order valence-electron chi connectivity index (χ1n) is 6.81. The summed E-state index contributed by atoms with van der Waals surface area (Å²) in [4.78, 5) is 11.8. The van der Waals surface area contributed by atoms with Crippen molar-refractivity contribution in [2.24, 2.45) is 5.92 Å². The summed E-state index contributed by atoms with van der Waals surface area (Å²) in [6.07, 6.45) is 1.96. The summed E-state index contributed by atoms with van der Waals surface area (Å²) in [6.45, 7) is 5.68. The molecule has 0 spiro atoms. The van der Waals surface area contributed by atoms with Crippen molar-refractivity contribution < 1.29 is 4.79 Å². The molecule has 2 N–H and O–H groups in total. The number of carbonyl (C=O) groups excluding carboxylic acids is 1. The highest BCUT2D eigenvalue weighted by molar-refractivity contribution is 5.85. The maximum atomic E-state index is 11.8. The fourth-order valence-corrected chi connectivity index (χ4v) is 2.34. The van der Waals surface area contributed by atoms with Gasteiger partial charge in [-0.2, -0.15) is 0 Å². The van der Waals surface area contributed by atoms with Crippen LogP contribution in [-0.4, -0.2) is 19.0 Å². The highest BCUT2D eigenvalue weighted by Crippen LogP contribution is 2.21. The minimum Gasteiger partial charge on any atom is -0.354 e. The van der Waals surface area contributed by atoms with Crippen molar-refractivity contribution >= 4 is 18.3 Å². The third kappa shape index (κ3) is 3.95. The third-order valence-corrected chi connectivity index (χ3v) is 3.76. The second-order valence-electron chi connectivity index (χ2n) is 5.01. The Morgan fingerprint density at radius 1 is 1.47 bits per heavy atom. The van der Waals surface area contributed by atoms with Crippen molar-refractivity contribution in [2.45, 2.75) is 32.7 Å². The van der Waals surface area contributed by atoms with Gasteiger partial charge in [0, 0.05) is 18.5 Å². The molecule has 0 radical (unpaired) electrons. The van der Waals surface area contributed by atoms with Crippen molar-refractivity contribution in [3.63, 3.8) is 0 Å². The molecule has 4 heteroatoms. The minimum atomic E-state index is 0. The summed E-state index contributed by atoms with van der Waals surface area (Å²) in [7, 11) is 0. The fraction of sp³-hybridized carbons (Fsp3) is 0.533. The van der Waals surface area contributed by atoms with E-state index in [2.05, 4.69) is 34.9 Å². The molecule has 0 saturated heterocycles. The second kappa shape index (κ2) is 7.51. The average Bonchev–Trinajstić information content (AvgIpc) is 2.43.